The Morgan fingerprint density at radius 2 is 1.59 bits per heavy atom. The maximum atomic E-state index is 14.6. The van der Waals surface area contributed by atoms with Crippen molar-refractivity contribution < 1.29 is 27.8 Å². The normalized spacial score (nSPS) is 13.5. The SMILES string of the molecule is COc1ccc(OC)c(NC2=C(c3ccc(C)c(C)c3)C(=O)N(c3ccc(F)cc3F)C2=O)c1. The molecule has 0 saturated carbocycles. The van der Waals surface area contributed by atoms with Gasteiger partial charge in [0, 0.05) is 12.1 Å². The summed E-state index contributed by atoms with van der Waals surface area (Å²) in [4.78, 5) is 27.7. The number of ether oxygens (including phenoxy) is 2. The number of carbonyl (C=O) groups is 2. The Labute approximate surface area is 195 Å². The van der Waals surface area contributed by atoms with Crippen LogP contribution >= 0.6 is 0 Å². The molecule has 0 aromatic heterocycles. The van der Waals surface area contributed by atoms with Crippen LogP contribution in [0.25, 0.3) is 5.57 Å². The number of amides is 2. The van der Waals surface area contributed by atoms with Crippen LogP contribution in [0.3, 0.4) is 0 Å². The zero-order valence-electron chi connectivity index (χ0n) is 19.0. The molecule has 6 nitrogen and oxygen atoms in total. The number of carbonyl (C=O) groups excluding carboxylic acids is 2. The molecule has 4 rings (SSSR count). The first-order chi connectivity index (χ1) is 16.2. The fraction of sp³-hybridized carbons (Fsp3) is 0.154. The van der Waals surface area contributed by atoms with E-state index in [9.17, 15) is 18.4 Å². The highest BCUT2D eigenvalue weighted by Crippen LogP contribution is 2.38. The van der Waals surface area contributed by atoms with Gasteiger partial charge in [0.2, 0.25) is 0 Å². The Bertz CT molecular complexity index is 1350. The molecule has 0 aliphatic carbocycles. The van der Waals surface area contributed by atoms with E-state index in [1.165, 1.54) is 14.2 Å². The van der Waals surface area contributed by atoms with Gasteiger partial charge in [-0.3, -0.25) is 9.59 Å². The van der Waals surface area contributed by atoms with Crippen LogP contribution < -0.4 is 19.7 Å². The summed E-state index contributed by atoms with van der Waals surface area (Å²) in [5, 5.41) is 2.99. The highest BCUT2D eigenvalue weighted by molar-refractivity contribution is 6.46. The molecule has 0 saturated heterocycles. The maximum absolute atomic E-state index is 14.6. The first-order valence-corrected chi connectivity index (χ1v) is 10.4. The van der Waals surface area contributed by atoms with E-state index < -0.39 is 23.4 Å². The average molecular weight is 464 g/mol. The van der Waals surface area contributed by atoms with Crippen LogP contribution in [-0.2, 0) is 9.59 Å². The number of anilines is 2. The molecule has 3 aromatic carbocycles. The van der Waals surface area contributed by atoms with E-state index in [-0.39, 0.29) is 17.0 Å². The average Bonchev–Trinajstić information content (AvgIpc) is 3.05. The first-order valence-electron chi connectivity index (χ1n) is 10.4. The number of benzene rings is 3. The van der Waals surface area contributed by atoms with Gasteiger partial charge in [0.1, 0.15) is 28.8 Å². The predicted octanol–water partition coefficient (Wildman–Crippen LogP) is 5.00. The summed E-state index contributed by atoms with van der Waals surface area (Å²) in [6.07, 6.45) is 0. The smallest absolute Gasteiger partial charge is 0.282 e. The van der Waals surface area contributed by atoms with Crippen molar-refractivity contribution in [2.45, 2.75) is 13.8 Å². The standard InChI is InChI=1S/C26H22F2N2O4/c1-14-5-6-16(11-15(14)2)23-24(29-20-13-18(33-3)8-10-22(20)34-4)26(32)30(25(23)31)21-9-7-17(27)12-19(21)28/h5-13,29H,1-4H3. The summed E-state index contributed by atoms with van der Waals surface area (Å²) >= 11 is 0. The van der Waals surface area contributed by atoms with Crippen molar-refractivity contribution in [3.63, 3.8) is 0 Å². The minimum absolute atomic E-state index is 0.0571. The summed E-state index contributed by atoms with van der Waals surface area (Å²) in [6.45, 7) is 3.81. The minimum atomic E-state index is -1.03. The van der Waals surface area contributed by atoms with E-state index in [4.69, 9.17) is 9.47 Å². The van der Waals surface area contributed by atoms with Gasteiger partial charge in [-0.05, 0) is 54.8 Å². The van der Waals surface area contributed by atoms with E-state index in [1.54, 1.807) is 30.3 Å². The molecule has 0 unspecified atom stereocenters. The van der Waals surface area contributed by atoms with Crippen LogP contribution in [0.4, 0.5) is 20.2 Å². The lowest BCUT2D eigenvalue weighted by atomic mass is 9.99. The second-order valence-electron chi connectivity index (χ2n) is 7.78. The van der Waals surface area contributed by atoms with Gasteiger partial charge >= 0.3 is 0 Å². The molecule has 3 aromatic rings. The lowest BCUT2D eigenvalue weighted by molar-refractivity contribution is -0.120. The molecule has 0 bridgehead atoms. The summed E-state index contributed by atoms with van der Waals surface area (Å²) in [5.74, 6) is -2.46. The molecule has 0 fully saturated rings. The molecule has 1 N–H and O–H groups in total. The number of halogens is 2. The molecule has 0 atom stereocenters. The van der Waals surface area contributed by atoms with E-state index in [1.807, 2.05) is 19.9 Å². The Morgan fingerprint density at radius 3 is 2.24 bits per heavy atom. The predicted molar refractivity (Wildman–Crippen MR) is 125 cm³/mol. The molecule has 1 heterocycles. The third kappa shape index (κ3) is 3.98. The van der Waals surface area contributed by atoms with Crippen molar-refractivity contribution >= 4 is 28.8 Å². The van der Waals surface area contributed by atoms with Gasteiger partial charge in [0.25, 0.3) is 11.8 Å². The quantitative estimate of drug-likeness (QED) is 0.521. The van der Waals surface area contributed by atoms with Crippen molar-refractivity contribution in [1.82, 2.24) is 0 Å². The Balaban J connectivity index is 1.89. The number of nitrogens with zero attached hydrogens (tertiary/aromatic N) is 1. The molecule has 34 heavy (non-hydrogen) atoms. The van der Waals surface area contributed by atoms with Gasteiger partial charge < -0.3 is 14.8 Å². The highest BCUT2D eigenvalue weighted by atomic mass is 19.1. The molecule has 1 aliphatic rings. The zero-order valence-corrected chi connectivity index (χ0v) is 19.0. The van der Waals surface area contributed by atoms with Crippen molar-refractivity contribution in [3.8, 4) is 11.5 Å². The van der Waals surface area contributed by atoms with Gasteiger partial charge in [-0.2, -0.15) is 0 Å². The monoisotopic (exact) mass is 464 g/mol. The summed E-state index contributed by atoms with van der Waals surface area (Å²) in [7, 11) is 2.96. The molecule has 1 aliphatic heterocycles. The van der Waals surface area contributed by atoms with Crippen molar-refractivity contribution in [1.29, 1.82) is 0 Å². The van der Waals surface area contributed by atoms with E-state index in [0.717, 1.165) is 23.3 Å². The highest BCUT2D eigenvalue weighted by Gasteiger charge is 2.41. The number of aryl methyl sites for hydroxylation is 2. The van der Waals surface area contributed by atoms with Crippen LogP contribution in [0.2, 0.25) is 0 Å². The van der Waals surface area contributed by atoms with Crippen molar-refractivity contribution in [2.75, 3.05) is 24.4 Å². The van der Waals surface area contributed by atoms with Gasteiger partial charge in [-0.1, -0.05) is 18.2 Å². The van der Waals surface area contributed by atoms with Crippen LogP contribution in [-0.4, -0.2) is 26.0 Å². The largest absolute Gasteiger partial charge is 0.497 e. The molecule has 174 valence electrons. The van der Waals surface area contributed by atoms with Gasteiger partial charge in [-0.25, -0.2) is 13.7 Å². The maximum Gasteiger partial charge on any atom is 0.282 e. The molecular formula is C26H22F2N2O4. The van der Waals surface area contributed by atoms with Crippen LogP contribution in [0.15, 0.2) is 60.3 Å². The van der Waals surface area contributed by atoms with Crippen molar-refractivity contribution in [2.24, 2.45) is 0 Å². The fourth-order valence-electron chi connectivity index (χ4n) is 3.74. The number of nitrogens with one attached hydrogen (secondary N) is 1. The van der Waals surface area contributed by atoms with Gasteiger partial charge in [0.15, 0.2) is 0 Å². The second-order valence-corrected chi connectivity index (χ2v) is 7.78. The molecule has 0 spiro atoms. The summed E-state index contributed by atoms with van der Waals surface area (Å²) < 4.78 is 38.8. The summed E-state index contributed by atoms with van der Waals surface area (Å²) in [5.41, 5.74) is 2.43. The Kier molecular flexibility index (Phi) is 6.06. The first kappa shape index (κ1) is 23.0. The molecule has 8 heteroatoms. The third-order valence-corrected chi connectivity index (χ3v) is 5.70. The van der Waals surface area contributed by atoms with E-state index in [0.29, 0.717) is 33.7 Å². The third-order valence-electron chi connectivity index (χ3n) is 5.70. The number of imide groups is 1. The van der Waals surface area contributed by atoms with Crippen LogP contribution in [0.5, 0.6) is 11.5 Å². The van der Waals surface area contributed by atoms with Gasteiger partial charge in [-0.15, -0.1) is 0 Å². The Hall–Kier alpha value is -4.20. The lowest BCUT2D eigenvalue weighted by Gasteiger charge is -2.17. The van der Waals surface area contributed by atoms with Gasteiger partial charge in [0.05, 0.1) is 31.2 Å². The van der Waals surface area contributed by atoms with E-state index >= 15 is 0 Å². The van der Waals surface area contributed by atoms with Crippen LogP contribution in [0, 0.1) is 25.5 Å². The zero-order chi connectivity index (χ0) is 24.6. The van der Waals surface area contributed by atoms with Crippen LogP contribution in [0.1, 0.15) is 16.7 Å². The van der Waals surface area contributed by atoms with E-state index in [2.05, 4.69) is 5.32 Å². The molecule has 2 amide bonds. The minimum Gasteiger partial charge on any atom is -0.497 e. The number of hydrogen-bond donors (Lipinski definition) is 1. The topological polar surface area (TPSA) is 67.9 Å². The number of hydrogen-bond acceptors (Lipinski definition) is 5. The number of methoxy groups -OCH3 is 2. The molecule has 0 radical (unpaired) electrons. The lowest BCUT2D eigenvalue weighted by Crippen LogP contribution is -2.33. The fourth-order valence-corrected chi connectivity index (χ4v) is 3.74. The number of rotatable bonds is 6. The second kappa shape index (κ2) is 8.97. The Morgan fingerprint density at radius 1 is 0.824 bits per heavy atom. The molecular weight excluding hydrogens is 442 g/mol. The summed E-state index contributed by atoms with van der Waals surface area (Å²) in [6, 6.07) is 13.0. The van der Waals surface area contributed by atoms with Crippen molar-refractivity contribution in [3.05, 3.63) is 88.6 Å².